The van der Waals surface area contributed by atoms with Gasteiger partial charge in [-0.2, -0.15) is 0 Å². The van der Waals surface area contributed by atoms with Gasteiger partial charge in [-0.25, -0.2) is 4.79 Å². The van der Waals surface area contributed by atoms with Crippen LogP contribution in [0.5, 0.6) is 0 Å². The first-order valence-electron chi connectivity index (χ1n) is 7.02. The van der Waals surface area contributed by atoms with Crippen LogP contribution in [0.4, 0.5) is 0 Å². The van der Waals surface area contributed by atoms with Crippen molar-refractivity contribution in [1.82, 2.24) is 5.32 Å². The average molecular weight is 301 g/mol. The fourth-order valence-electron chi connectivity index (χ4n) is 1.52. The quantitative estimate of drug-likeness (QED) is 0.785. The Balaban J connectivity index is 4.60. The summed E-state index contributed by atoms with van der Waals surface area (Å²) in [5, 5.41) is 2.50. The lowest BCUT2D eigenvalue weighted by molar-refractivity contribution is -0.160. The van der Waals surface area contributed by atoms with Gasteiger partial charge in [0.2, 0.25) is 5.91 Å². The van der Waals surface area contributed by atoms with Gasteiger partial charge in [-0.1, -0.05) is 0 Å². The van der Waals surface area contributed by atoms with E-state index < -0.39 is 29.2 Å². The average Bonchev–Trinajstić information content (AvgIpc) is 2.18. The summed E-state index contributed by atoms with van der Waals surface area (Å²) in [6.07, 6.45) is 0.171. The molecule has 0 aromatic heterocycles. The number of nitrogens with one attached hydrogen (secondary N) is 1. The van der Waals surface area contributed by atoms with Crippen LogP contribution in [0.3, 0.4) is 0 Å². The van der Waals surface area contributed by atoms with Crippen molar-refractivity contribution in [2.45, 2.75) is 78.6 Å². The molecule has 1 atom stereocenters. The van der Waals surface area contributed by atoms with Gasteiger partial charge in [-0.05, 0) is 48.0 Å². The fraction of sp³-hybridized carbons (Fsp3) is 0.800. The third kappa shape index (κ3) is 10.8. The van der Waals surface area contributed by atoms with Crippen molar-refractivity contribution >= 4 is 17.8 Å². The first-order chi connectivity index (χ1) is 9.30. The van der Waals surface area contributed by atoms with Crippen molar-refractivity contribution in [3.63, 3.8) is 0 Å². The van der Waals surface area contributed by atoms with Crippen LogP contribution in [0.15, 0.2) is 0 Å². The van der Waals surface area contributed by atoms with Crippen molar-refractivity contribution < 1.29 is 23.9 Å². The minimum Gasteiger partial charge on any atom is -0.460 e. The lowest BCUT2D eigenvalue weighted by Gasteiger charge is -2.24. The number of carbonyl (C=O) groups is 3. The predicted molar refractivity (Wildman–Crippen MR) is 78.5 cm³/mol. The Morgan fingerprint density at radius 2 is 1.43 bits per heavy atom. The lowest BCUT2D eigenvalue weighted by Crippen LogP contribution is -2.43. The second-order valence-electron chi connectivity index (χ2n) is 6.91. The summed E-state index contributed by atoms with van der Waals surface area (Å²) in [4.78, 5) is 34.8. The van der Waals surface area contributed by atoms with Crippen LogP contribution in [0.1, 0.15) is 61.3 Å². The van der Waals surface area contributed by atoms with E-state index in [-0.39, 0.29) is 18.7 Å². The zero-order valence-corrected chi connectivity index (χ0v) is 14.0. The molecule has 0 saturated heterocycles. The number of ether oxygens (including phenoxy) is 2. The highest BCUT2D eigenvalue weighted by Crippen LogP contribution is 2.13. The van der Waals surface area contributed by atoms with E-state index in [1.165, 1.54) is 6.92 Å². The van der Waals surface area contributed by atoms with Crippen molar-refractivity contribution in [3.05, 3.63) is 0 Å². The van der Waals surface area contributed by atoms with Crippen LogP contribution in [-0.4, -0.2) is 35.1 Å². The van der Waals surface area contributed by atoms with Crippen LogP contribution >= 0.6 is 0 Å². The summed E-state index contributed by atoms with van der Waals surface area (Å²) in [7, 11) is 0. The maximum Gasteiger partial charge on any atom is 0.329 e. The van der Waals surface area contributed by atoms with Gasteiger partial charge < -0.3 is 14.8 Å². The first-order valence-corrected chi connectivity index (χ1v) is 7.02. The second-order valence-corrected chi connectivity index (χ2v) is 6.91. The van der Waals surface area contributed by atoms with Gasteiger partial charge >= 0.3 is 11.9 Å². The third-order valence-corrected chi connectivity index (χ3v) is 2.13. The molecule has 0 bridgehead atoms. The highest BCUT2D eigenvalue weighted by molar-refractivity contribution is 5.84. The molecule has 122 valence electrons. The standard InChI is InChI=1S/C15H27NO5/c1-10(17)16-11(13(19)21-15(5,6)7)8-9-12(18)20-14(2,3)4/h11H,8-9H2,1-7H3,(H,16,17)/t11-/m1/s1. The largest absolute Gasteiger partial charge is 0.460 e. The molecule has 0 aliphatic heterocycles. The minimum absolute atomic E-state index is 0.0292. The van der Waals surface area contributed by atoms with Gasteiger partial charge in [0.1, 0.15) is 17.2 Å². The van der Waals surface area contributed by atoms with E-state index in [0.717, 1.165) is 0 Å². The second kappa shape index (κ2) is 7.43. The number of hydrogen-bond acceptors (Lipinski definition) is 5. The van der Waals surface area contributed by atoms with Crippen molar-refractivity contribution in [2.75, 3.05) is 0 Å². The molecular weight excluding hydrogens is 274 g/mol. The molecule has 21 heavy (non-hydrogen) atoms. The summed E-state index contributed by atoms with van der Waals surface area (Å²) in [6.45, 7) is 11.8. The van der Waals surface area contributed by atoms with Gasteiger partial charge in [0.15, 0.2) is 0 Å². The molecule has 0 aromatic carbocycles. The highest BCUT2D eigenvalue weighted by atomic mass is 16.6. The smallest absolute Gasteiger partial charge is 0.329 e. The topological polar surface area (TPSA) is 81.7 Å². The fourth-order valence-corrected chi connectivity index (χ4v) is 1.52. The number of hydrogen-bond donors (Lipinski definition) is 1. The molecule has 0 aromatic rings. The predicted octanol–water partition coefficient (Wildman–Crippen LogP) is 1.95. The third-order valence-electron chi connectivity index (χ3n) is 2.13. The normalized spacial score (nSPS) is 13.3. The Hall–Kier alpha value is -1.59. The van der Waals surface area contributed by atoms with Crippen LogP contribution in [-0.2, 0) is 23.9 Å². The minimum atomic E-state index is -0.853. The Bertz CT molecular complexity index is 390. The van der Waals surface area contributed by atoms with E-state index >= 15 is 0 Å². The first kappa shape index (κ1) is 19.4. The molecule has 1 N–H and O–H groups in total. The molecule has 0 saturated carbocycles. The van der Waals surface area contributed by atoms with E-state index in [0.29, 0.717) is 0 Å². The van der Waals surface area contributed by atoms with E-state index in [4.69, 9.17) is 9.47 Å². The number of rotatable bonds is 5. The molecule has 0 heterocycles. The molecule has 0 radical (unpaired) electrons. The molecule has 6 nitrogen and oxygen atoms in total. The number of carbonyl (C=O) groups excluding carboxylic acids is 3. The summed E-state index contributed by atoms with van der Waals surface area (Å²) in [5.41, 5.74) is -1.23. The van der Waals surface area contributed by atoms with Crippen molar-refractivity contribution in [2.24, 2.45) is 0 Å². The Labute approximate surface area is 126 Å². The summed E-state index contributed by atoms with van der Waals surface area (Å²) < 4.78 is 10.4. The maximum atomic E-state index is 12.0. The number of esters is 2. The van der Waals surface area contributed by atoms with Gasteiger partial charge in [-0.3, -0.25) is 9.59 Å². The molecule has 0 aliphatic rings. The molecular formula is C15H27NO5. The molecule has 0 fully saturated rings. The van der Waals surface area contributed by atoms with Crippen LogP contribution in [0.2, 0.25) is 0 Å². The lowest BCUT2D eigenvalue weighted by atomic mass is 10.1. The zero-order chi connectivity index (χ0) is 16.8. The monoisotopic (exact) mass is 301 g/mol. The molecule has 6 heteroatoms. The van der Waals surface area contributed by atoms with Gasteiger partial charge in [0, 0.05) is 13.3 Å². The van der Waals surface area contributed by atoms with Crippen LogP contribution < -0.4 is 5.32 Å². The van der Waals surface area contributed by atoms with Gasteiger partial charge in [0.05, 0.1) is 0 Å². The molecule has 0 spiro atoms. The highest BCUT2D eigenvalue weighted by Gasteiger charge is 2.27. The molecule has 1 amide bonds. The Morgan fingerprint density at radius 1 is 0.952 bits per heavy atom. The maximum absolute atomic E-state index is 12.0. The van der Waals surface area contributed by atoms with Crippen LogP contribution in [0.25, 0.3) is 0 Å². The number of amides is 1. The van der Waals surface area contributed by atoms with E-state index in [2.05, 4.69) is 5.32 Å². The van der Waals surface area contributed by atoms with Crippen molar-refractivity contribution in [1.29, 1.82) is 0 Å². The summed E-state index contributed by atoms with van der Waals surface area (Å²) in [5.74, 6) is -1.32. The molecule has 0 unspecified atom stereocenters. The summed E-state index contributed by atoms with van der Waals surface area (Å²) >= 11 is 0. The zero-order valence-electron chi connectivity index (χ0n) is 14.0. The Morgan fingerprint density at radius 3 is 1.81 bits per heavy atom. The van der Waals surface area contributed by atoms with Crippen molar-refractivity contribution in [3.8, 4) is 0 Å². The van der Waals surface area contributed by atoms with Crippen LogP contribution in [0, 0.1) is 0 Å². The van der Waals surface area contributed by atoms with Gasteiger partial charge in [0.25, 0.3) is 0 Å². The van der Waals surface area contributed by atoms with Gasteiger partial charge in [-0.15, -0.1) is 0 Å². The SMILES string of the molecule is CC(=O)N[C@H](CCC(=O)OC(C)(C)C)C(=O)OC(C)(C)C. The molecule has 0 aliphatic carbocycles. The molecule has 0 rings (SSSR count). The summed E-state index contributed by atoms with van der Waals surface area (Å²) in [6, 6.07) is -0.853. The van der Waals surface area contributed by atoms with E-state index in [1.54, 1.807) is 41.5 Å². The Kier molecular flexibility index (Phi) is 6.86. The van der Waals surface area contributed by atoms with E-state index in [9.17, 15) is 14.4 Å². The van der Waals surface area contributed by atoms with E-state index in [1.807, 2.05) is 0 Å².